The first-order chi connectivity index (χ1) is 12.6. The summed E-state index contributed by atoms with van der Waals surface area (Å²) >= 11 is 1.29. The summed E-state index contributed by atoms with van der Waals surface area (Å²) in [6.45, 7) is 0. The Hall–Kier alpha value is -3.46. The van der Waals surface area contributed by atoms with Gasteiger partial charge in [0.25, 0.3) is 11.5 Å². The second-order valence-corrected chi connectivity index (χ2v) is 6.44. The third kappa shape index (κ3) is 2.84. The second-order valence-electron chi connectivity index (χ2n) is 5.57. The molecule has 3 N–H and O–H groups in total. The van der Waals surface area contributed by atoms with Crippen LogP contribution in [0.15, 0.2) is 53.0 Å². The highest BCUT2D eigenvalue weighted by atomic mass is 32.1. The molecular weight excluding hydrogens is 354 g/mol. The van der Waals surface area contributed by atoms with Crippen LogP contribution in [0, 0.1) is 0 Å². The molecule has 0 aliphatic rings. The molecule has 0 saturated carbocycles. The van der Waals surface area contributed by atoms with E-state index >= 15 is 0 Å². The molecule has 0 atom stereocenters. The van der Waals surface area contributed by atoms with Crippen molar-refractivity contribution in [3.05, 3.63) is 69.7 Å². The van der Waals surface area contributed by atoms with Crippen molar-refractivity contribution in [2.24, 2.45) is 0 Å². The number of amides is 2. The molecular formula is C17H13N5O3S. The zero-order chi connectivity index (χ0) is 18.1. The maximum atomic E-state index is 12.2. The number of carbonyl (C=O) groups is 2. The Kier molecular flexibility index (Phi) is 3.98. The molecule has 0 saturated heterocycles. The lowest BCUT2D eigenvalue weighted by atomic mass is 10.1. The number of hydrogen-bond acceptors (Lipinski definition) is 5. The lowest BCUT2D eigenvalue weighted by Gasteiger charge is -2.07. The van der Waals surface area contributed by atoms with Crippen molar-refractivity contribution in [2.75, 3.05) is 0 Å². The predicted octanol–water partition coefficient (Wildman–Crippen LogP) is 1.24. The molecule has 8 nitrogen and oxygen atoms in total. The summed E-state index contributed by atoms with van der Waals surface area (Å²) in [5.74, 6) is -1.11. The molecule has 0 bridgehead atoms. The van der Waals surface area contributed by atoms with Gasteiger partial charge in [-0.15, -0.1) is 11.3 Å². The molecule has 0 aliphatic carbocycles. The van der Waals surface area contributed by atoms with Crippen molar-refractivity contribution >= 4 is 39.0 Å². The number of hydrazine groups is 1. The van der Waals surface area contributed by atoms with Crippen molar-refractivity contribution in [3.63, 3.8) is 0 Å². The summed E-state index contributed by atoms with van der Waals surface area (Å²) in [5, 5.41) is 2.65. The zero-order valence-electron chi connectivity index (χ0n) is 13.4. The quantitative estimate of drug-likeness (QED) is 0.473. The highest BCUT2D eigenvalue weighted by molar-refractivity contribution is 7.15. The zero-order valence-corrected chi connectivity index (χ0v) is 14.2. The van der Waals surface area contributed by atoms with E-state index in [1.54, 1.807) is 17.8 Å². The summed E-state index contributed by atoms with van der Waals surface area (Å²) in [7, 11) is 0. The fourth-order valence-electron chi connectivity index (χ4n) is 2.67. The molecule has 0 unspecified atom stereocenters. The Morgan fingerprint density at radius 2 is 2.08 bits per heavy atom. The maximum Gasteiger partial charge on any atom is 0.276 e. The number of thiazole rings is 1. The number of rotatable bonds is 3. The van der Waals surface area contributed by atoms with Crippen LogP contribution >= 0.6 is 11.3 Å². The fraction of sp³-hybridized carbons (Fsp3) is 0.0588. The molecule has 130 valence electrons. The van der Waals surface area contributed by atoms with Crippen LogP contribution in [-0.4, -0.2) is 26.2 Å². The molecule has 1 aromatic carbocycles. The van der Waals surface area contributed by atoms with Gasteiger partial charge in [0.15, 0.2) is 4.96 Å². The van der Waals surface area contributed by atoms with Crippen molar-refractivity contribution < 1.29 is 9.59 Å². The van der Waals surface area contributed by atoms with Crippen LogP contribution < -0.4 is 16.4 Å². The van der Waals surface area contributed by atoms with Gasteiger partial charge in [-0.2, -0.15) is 0 Å². The van der Waals surface area contributed by atoms with Gasteiger partial charge in [0.2, 0.25) is 5.91 Å². The van der Waals surface area contributed by atoms with Crippen molar-refractivity contribution in [1.29, 1.82) is 0 Å². The van der Waals surface area contributed by atoms with E-state index in [4.69, 9.17) is 0 Å². The molecule has 0 aliphatic heterocycles. The number of H-pyrrole nitrogens is 1. The standard InChI is InChI=1S/C17H13N5O3S/c23-14(7-10-8-18-13-4-2-1-3-11(10)13)20-21-15(24)12-9-19-17-22(16(12)25)5-6-26-17/h1-6,8-9,18H,7H2,(H,20,23)(H,21,24). The second kappa shape index (κ2) is 6.45. The number of benzene rings is 1. The van der Waals surface area contributed by atoms with E-state index in [0.717, 1.165) is 16.5 Å². The van der Waals surface area contributed by atoms with E-state index in [9.17, 15) is 14.4 Å². The fourth-order valence-corrected chi connectivity index (χ4v) is 3.34. The van der Waals surface area contributed by atoms with Crippen LogP contribution in [0.2, 0.25) is 0 Å². The minimum absolute atomic E-state index is 0.0884. The van der Waals surface area contributed by atoms with E-state index in [0.29, 0.717) is 4.96 Å². The number of fused-ring (bicyclic) bond motifs is 2. The van der Waals surface area contributed by atoms with Gasteiger partial charge < -0.3 is 4.98 Å². The van der Waals surface area contributed by atoms with Crippen LogP contribution in [-0.2, 0) is 11.2 Å². The topological polar surface area (TPSA) is 108 Å². The van der Waals surface area contributed by atoms with Gasteiger partial charge in [-0.3, -0.25) is 29.6 Å². The monoisotopic (exact) mass is 367 g/mol. The molecule has 4 rings (SSSR count). The summed E-state index contributed by atoms with van der Waals surface area (Å²) in [5.41, 5.74) is 5.70. The number of aromatic amines is 1. The van der Waals surface area contributed by atoms with Crippen LogP contribution in [0.1, 0.15) is 15.9 Å². The molecule has 0 spiro atoms. The van der Waals surface area contributed by atoms with Crippen molar-refractivity contribution in [1.82, 2.24) is 25.2 Å². The van der Waals surface area contributed by atoms with E-state index in [-0.39, 0.29) is 12.0 Å². The Labute approximate surface area is 150 Å². The molecule has 3 heterocycles. The molecule has 3 aromatic heterocycles. The van der Waals surface area contributed by atoms with Gasteiger partial charge in [0.05, 0.1) is 6.42 Å². The first kappa shape index (κ1) is 16.0. The average molecular weight is 367 g/mol. The van der Waals surface area contributed by atoms with Crippen LogP contribution in [0.4, 0.5) is 0 Å². The molecule has 9 heteroatoms. The van der Waals surface area contributed by atoms with E-state index in [1.165, 1.54) is 21.9 Å². The lowest BCUT2D eigenvalue weighted by molar-refractivity contribution is -0.121. The smallest absolute Gasteiger partial charge is 0.276 e. The minimum Gasteiger partial charge on any atom is -0.361 e. The van der Waals surface area contributed by atoms with Gasteiger partial charge in [0, 0.05) is 34.9 Å². The Morgan fingerprint density at radius 3 is 2.96 bits per heavy atom. The Bertz CT molecular complexity index is 1190. The number of aromatic nitrogens is 3. The van der Waals surface area contributed by atoms with Crippen LogP contribution in [0.25, 0.3) is 15.9 Å². The number of nitrogens with one attached hydrogen (secondary N) is 3. The maximum absolute atomic E-state index is 12.2. The number of carbonyl (C=O) groups excluding carboxylic acids is 2. The summed E-state index contributed by atoms with van der Waals surface area (Å²) < 4.78 is 1.29. The molecule has 2 amide bonds. The molecule has 0 radical (unpaired) electrons. The number of para-hydroxylation sites is 1. The SMILES string of the molecule is O=C(Cc1c[nH]c2ccccc12)NNC(=O)c1cnc2sccn2c1=O. The van der Waals surface area contributed by atoms with Crippen LogP contribution in [0.5, 0.6) is 0 Å². The van der Waals surface area contributed by atoms with Gasteiger partial charge in [-0.05, 0) is 11.6 Å². The van der Waals surface area contributed by atoms with E-state index in [2.05, 4.69) is 20.8 Å². The van der Waals surface area contributed by atoms with Gasteiger partial charge >= 0.3 is 0 Å². The van der Waals surface area contributed by atoms with Crippen molar-refractivity contribution in [3.8, 4) is 0 Å². The van der Waals surface area contributed by atoms with Crippen molar-refractivity contribution in [2.45, 2.75) is 6.42 Å². The Balaban J connectivity index is 1.44. The summed E-state index contributed by atoms with van der Waals surface area (Å²) in [6.07, 6.45) is 4.59. The average Bonchev–Trinajstić information content (AvgIpc) is 3.28. The summed E-state index contributed by atoms with van der Waals surface area (Å²) in [6, 6.07) is 7.62. The number of nitrogens with zero attached hydrogens (tertiary/aromatic N) is 2. The first-order valence-corrected chi connectivity index (χ1v) is 8.60. The first-order valence-electron chi connectivity index (χ1n) is 7.72. The van der Waals surface area contributed by atoms with Gasteiger partial charge in [-0.25, -0.2) is 4.98 Å². The van der Waals surface area contributed by atoms with Crippen LogP contribution in [0.3, 0.4) is 0 Å². The minimum atomic E-state index is -0.713. The normalized spacial score (nSPS) is 10.9. The highest BCUT2D eigenvalue weighted by Gasteiger charge is 2.15. The predicted molar refractivity (Wildman–Crippen MR) is 97.0 cm³/mol. The van der Waals surface area contributed by atoms with E-state index < -0.39 is 17.4 Å². The highest BCUT2D eigenvalue weighted by Crippen LogP contribution is 2.17. The van der Waals surface area contributed by atoms with Gasteiger partial charge in [-0.1, -0.05) is 18.2 Å². The molecule has 0 fully saturated rings. The Morgan fingerprint density at radius 1 is 1.23 bits per heavy atom. The molecule has 26 heavy (non-hydrogen) atoms. The number of hydrogen-bond donors (Lipinski definition) is 3. The summed E-state index contributed by atoms with van der Waals surface area (Å²) in [4.78, 5) is 44.1. The molecule has 4 aromatic rings. The van der Waals surface area contributed by atoms with Gasteiger partial charge in [0.1, 0.15) is 5.56 Å². The lowest BCUT2D eigenvalue weighted by Crippen LogP contribution is -2.44. The largest absolute Gasteiger partial charge is 0.361 e. The third-order valence-corrected chi connectivity index (χ3v) is 4.70. The van der Waals surface area contributed by atoms with E-state index in [1.807, 2.05) is 24.3 Å². The third-order valence-electron chi connectivity index (χ3n) is 3.93.